The maximum Gasteiger partial charge on any atom is 0.176 e. The maximum absolute atomic E-state index is 12.9. The van der Waals surface area contributed by atoms with Crippen LogP contribution in [0.15, 0.2) is 55.1 Å². The van der Waals surface area contributed by atoms with Crippen molar-refractivity contribution in [3.63, 3.8) is 0 Å². The van der Waals surface area contributed by atoms with Crippen molar-refractivity contribution in [3.8, 4) is 5.82 Å². The number of halogens is 1. The van der Waals surface area contributed by atoms with Crippen molar-refractivity contribution < 1.29 is 4.39 Å². The van der Waals surface area contributed by atoms with E-state index in [2.05, 4.69) is 20.4 Å². The second-order valence-corrected chi connectivity index (χ2v) is 4.59. The van der Waals surface area contributed by atoms with Crippen molar-refractivity contribution in [2.24, 2.45) is 0 Å². The van der Waals surface area contributed by atoms with Crippen molar-refractivity contribution in [2.75, 3.05) is 5.32 Å². The lowest BCUT2D eigenvalue weighted by Gasteiger charge is -2.17. The zero-order valence-corrected chi connectivity index (χ0v) is 11.4. The molecule has 1 unspecified atom stereocenters. The minimum absolute atomic E-state index is 0.0795. The van der Waals surface area contributed by atoms with Crippen LogP contribution >= 0.6 is 0 Å². The molecular formula is C15H14FN5. The Bertz CT molecular complexity index is 709. The maximum atomic E-state index is 12.9. The summed E-state index contributed by atoms with van der Waals surface area (Å²) in [6, 6.07) is 8.59. The third-order valence-electron chi connectivity index (χ3n) is 3.07. The van der Waals surface area contributed by atoms with Gasteiger partial charge in [0.1, 0.15) is 5.82 Å². The van der Waals surface area contributed by atoms with E-state index in [1.54, 1.807) is 23.1 Å². The Morgan fingerprint density at radius 3 is 2.76 bits per heavy atom. The van der Waals surface area contributed by atoms with Crippen LogP contribution in [-0.2, 0) is 0 Å². The highest BCUT2D eigenvalue weighted by Gasteiger charge is 2.11. The lowest BCUT2D eigenvalue weighted by molar-refractivity contribution is 0.617. The van der Waals surface area contributed by atoms with Gasteiger partial charge in [0.15, 0.2) is 5.82 Å². The Labute approximate surface area is 121 Å². The second kappa shape index (κ2) is 5.70. The molecule has 0 saturated heterocycles. The van der Waals surface area contributed by atoms with Gasteiger partial charge in [-0.2, -0.15) is 5.10 Å². The molecule has 3 aromatic rings. The van der Waals surface area contributed by atoms with Crippen LogP contribution in [0.4, 0.5) is 10.1 Å². The molecule has 0 spiro atoms. The van der Waals surface area contributed by atoms with Crippen molar-refractivity contribution in [1.29, 1.82) is 0 Å². The molecule has 0 bridgehead atoms. The van der Waals surface area contributed by atoms with E-state index < -0.39 is 0 Å². The highest BCUT2D eigenvalue weighted by molar-refractivity contribution is 5.57. The van der Waals surface area contributed by atoms with Gasteiger partial charge in [0.25, 0.3) is 0 Å². The minimum atomic E-state index is -0.343. The SMILES string of the molecule is CC(Nc1cccnc1-n1cccn1)c1ccc(F)cn1. The first kappa shape index (κ1) is 13.2. The number of anilines is 1. The van der Waals surface area contributed by atoms with E-state index >= 15 is 0 Å². The Morgan fingerprint density at radius 2 is 2.05 bits per heavy atom. The van der Waals surface area contributed by atoms with Crippen LogP contribution in [0, 0.1) is 5.82 Å². The van der Waals surface area contributed by atoms with Crippen LogP contribution < -0.4 is 5.32 Å². The van der Waals surface area contributed by atoms with Gasteiger partial charge >= 0.3 is 0 Å². The Balaban J connectivity index is 1.86. The van der Waals surface area contributed by atoms with E-state index in [1.165, 1.54) is 12.3 Å². The van der Waals surface area contributed by atoms with Crippen LogP contribution in [-0.4, -0.2) is 19.7 Å². The molecule has 3 rings (SSSR count). The second-order valence-electron chi connectivity index (χ2n) is 4.59. The van der Waals surface area contributed by atoms with Gasteiger partial charge < -0.3 is 5.32 Å². The van der Waals surface area contributed by atoms with E-state index in [0.717, 1.165) is 11.4 Å². The number of nitrogens with zero attached hydrogens (tertiary/aromatic N) is 4. The average Bonchev–Trinajstić information content (AvgIpc) is 3.02. The highest BCUT2D eigenvalue weighted by Crippen LogP contribution is 2.22. The average molecular weight is 283 g/mol. The van der Waals surface area contributed by atoms with E-state index in [9.17, 15) is 4.39 Å². The van der Waals surface area contributed by atoms with E-state index in [-0.39, 0.29) is 11.9 Å². The fraction of sp³-hybridized carbons (Fsp3) is 0.133. The van der Waals surface area contributed by atoms with Gasteiger partial charge in [0, 0.05) is 18.6 Å². The molecule has 0 saturated carbocycles. The Kier molecular flexibility index (Phi) is 3.59. The van der Waals surface area contributed by atoms with Gasteiger partial charge in [-0.15, -0.1) is 0 Å². The molecule has 21 heavy (non-hydrogen) atoms. The standard InChI is InChI=1S/C15H14FN5/c1-11(13-6-5-12(16)10-18-13)20-14-4-2-7-17-15(14)21-9-3-8-19-21/h2-11,20H,1H3. The van der Waals surface area contributed by atoms with E-state index in [1.807, 2.05) is 31.3 Å². The predicted molar refractivity (Wildman–Crippen MR) is 77.6 cm³/mol. The van der Waals surface area contributed by atoms with Gasteiger partial charge in [-0.05, 0) is 37.3 Å². The topological polar surface area (TPSA) is 55.6 Å². The molecule has 0 aromatic carbocycles. The first-order chi connectivity index (χ1) is 10.2. The summed E-state index contributed by atoms with van der Waals surface area (Å²) in [6.07, 6.45) is 6.45. The largest absolute Gasteiger partial charge is 0.374 e. The molecule has 1 N–H and O–H groups in total. The molecule has 0 fully saturated rings. The number of pyridine rings is 2. The van der Waals surface area contributed by atoms with Crippen LogP contribution in [0.3, 0.4) is 0 Å². The van der Waals surface area contributed by atoms with Crippen LogP contribution in [0.5, 0.6) is 0 Å². The molecule has 0 aliphatic carbocycles. The van der Waals surface area contributed by atoms with Crippen LogP contribution in [0.25, 0.3) is 5.82 Å². The van der Waals surface area contributed by atoms with Gasteiger partial charge in [-0.3, -0.25) is 4.98 Å². The number of rotatable bonds is 4. The summed E-state index contributed by atoms with van der Waals surface area (Å²) in [6.45, 7) is 1.96. The summed E-state index contributed by atoms with van der Waals surface area (Å²) < 4.78 is 14.6. The number of aromatic nitrogens is 4. The molecule has 3 aromatic heterocycles. The normalized spacial score (nSPS) is 12.1. The monoisotopic (exact) mass is 283 g/mol. The molecule has 106 valence electrons. The first-order valence-corrected chi connectivity index (χ1v) is 6.57. The summed E-state index contributed by atoms with van der Waals surface area (Å²) >= 11 is 0. The van der Waals surface area contributed by atoms with E-state index in [4.69, 9.17) is 0 Å². The Hall–Kier alpha value is -2.76. The summed E-state index contributed by atoms with van der Waals surface area (Å²) in [5.74, 6) is 0.362. The molecule has 0 radical (unpaired) electrons. The van der Waals surface area contributed by atoms with Gasteiger partial charge in [-0.1, -0.05) is 0 Å². The van der Waals surface area contributed by atoms with Crippen molar-refractivity contribution in [2.45, 2.75) is 13.0 Å². The zero-order chi connectivity index (χ0) is 14.7. The molecule has 0 amide bonds. The smallest absolute Gasteiger partial charge is 0.176 e. The summed E-state index contributed by atoms with van der Waals surface area (Å²) in [7, 11) is 0. The third-order valence-corrected chi connectivity index (χ3v) is 3.07. The van der Waals surface area contributed by atoms with Gasteiger partial charge in [0.05, 0.1) is 23.6 Å². The van der Waals surface area contributed by atoms with Crippen molar-refractivity contribution in [3.05, 3.63) is 66.6 Å². The lowest BCUT2D eigenvalue weighted by Crippen LogP contribution is -2.12. The number of nitrogens with one attached hydrogen (secondary N) is 1. The molecule has 1 atom stereocenters. The highest BCUT2D eigenvalue weighted by atomic mass is 19.1. The van der Waals surface area contributed by atoms with E-state index in [0.29, 0.717) is 5.82 Å². The summed E-state index contributed by atoms with van der Waals surface area (Å²) in [5, 5.41) is 7.51. The van der Waals surface area contributed by atoms with Crippen LogP contribution in [0.1, 0.15) is 18.7 Å². The molecule has 0 aliphatic rings. The minimum Gasteiger partial charge on any atom is -0.374 e. The predicted octanol–water partition coefficient (Wildman–Crippen LogP) is 2.97. The summed E-state index contributed by atoms with van der Waals surface area (Å²) in [5.41, 5.74) is 1.59. The fourth-order valence-corrected chi connectivity index (χ4v) is 2.04. The number of hydrogen-bond donors (Lipinski definition) is 1. The quantitative estimate of drug-likeness (QED) is 0.799. The summed E-state index contributed by atoms with van der Waals surface area (Å²) in [4.78, 5) is 8.43. The lowest BCUT2D eigenvalue weighted by atomic mass is 10.2. The van der Waals surface area contributed by atoms with Crippen LogP contribution in [0.2, 0.25) is 0 Å². The molecule has 0 aliphatic heterocycles. The van der Waals surface area contributed by atoms with Gasteiger partial charge in [-0.25, -0.2) is 14.1 Å². The molecule has 5 nitrogen and oxygen atoms in total. The number of hydrogen-bond acceptors (Lipinski definition) is 4. The fourth-order valence-electron chi connectivity index (χ4n) is 2.04. The molecule has 6 heteroatoms. The molecular weight excluding hydrogens is 269 g/mol. The molecule has 3 heterocycles. The first-order valence-electron chi connectivity index (χ1n) is 6.57. The Morgan fingerprint density at radius 1 is 1.14 bits per heavy atom. The van der Waals surface area contributed by atoms with Gasteiger partial charge in [0.2, 0.25) is 0 Å². The van der Waals surface area contributed by atoms with Crippen molar-refractivity contribution in [1.82, 2.24) is 19.7 Å². The third kappa shape index (κ3) is 2.89. The zero-order valence-electron chi connectivity index (χ0n) is 11.4. The van der Waals surface area contributed by atoms with Crippen molar-refractivity contribution >= 4 is 5.69 Å².